The third-order valence-corrected chi connectivity index (χ3v) is 12.5. The molecule has 1 aromatic heterocycles. The number of para-hydroxylation sites is 4. The molecule has 12 rings (SSSR count). The minimum atomic E-state index is -0.723. The van der Waals surface area contributed by atoms with E-state index in [0.29, 0.717) is 0 Å². The zero-order valence-corrected chi connectivity index (χ0v) is 32.7. The normalized spacial score (nSPS) is 13.1. The van der Waals surface area contributed by atoms with E-state index in [0.717, 1.165) is 61.6 Å². The third kappa shape index (κ3) is 5.03. The molecule has 3 heteroatoms. The molecule has 0 saturated carbocycles. The molecule has 1 aliphatic rings. The number of benzene rings is 10. The Morgan fingerprint density at radius 1 is 0.400 bits per heavy atom. The molecule has 60 heavy (non-hydrogen) atoms. The fourth-order valence-corrected chi connectivity index (χ4v) is 9.98. The first-order valence-electron chi connectivity index (χ1n) is 20.6. The smallest absolute Gasteiger partial charge is 0.140 e. The van der Waals surface area contributed by atoms with Gasteiger partial charge < -0.3 is 14.2 Å². The van der Waals surface area contributed by atoms with Gasteiger partial charge in [0.2, 0.25) is 0 Å². The molecule has 0 N–H and O–H groups in total. The van der Waals surface area contributed by atoms with Crippen molar-refractivity contribution in [3.8, 4) is 0 Å². The minimum absolute atomic E-state index is 0.723. The van der Waals surface area contributed by atoms with E-state index < -0.39 is 5.41 Å². The highest BCUT2D eigenvalue weighted by Crippen LogP contribution is 2.59. The lowest BCUT2D eigenvalue weighted by Gasteiger charge is -2.46. The summed E-state index contributed by atoms with van der Waals surface area (Å²) in [6.45, 7) is 0. The van der Waals surface area contributed by atoms with Crippen molar-refractivity contribution in [1.29, 1.82) is 0 Å². The maximum atomic E-state index is 7.05. The average Bonchev–Trinajstić information content (AvgIpc) is 3.72. The van der Waals surface area contributed by atoms with Crippen molar-refractivity contribution in [1.82, 2.24) is 0 Å². The largest absolute Gasteiger partial charge is 0.456 e. The number of anilines is 6. The highest BCUT2D eigenvalue weighted by molar-refractivity contribution is 6.20. The van der Waals surface area contributed by atoms with Crippen molar-refractivity contribution in [2.24, 2.45) is 0 Å². The Bertz CT molecular complexity index is 3330. The molecule has 2 heterocycles. The lowest BCUT2D eigenvalue weighted by molar-refractivity contribution is 0.644. The third-order valence-electron chi connectivity index (χ3n) is 12.5. The van der Waals surface area contributed by atoms with Crippen LogP contribution in [0.4, 0.5) is 34.1 Å². The Balaban J connectivity index is 1.10. The maximum Gasteiger partial charge on any atom is 0.140 e. The summed E-state index contributed by atoms with van der Waals surface area (Å²) in [5.41, 5.74) is 12.4. The van der Waals surface area contributed by atoms with E-state index in [9.17, 15) is 0 Å². The summed E-state index contributed by atoms with van der Waals surface area (Å²) in [4.78, 5) is 4.81. The molecule has 3 nitrogen and oxygen atoms in total. The van der Waals surface area contributed by atoms with Crippen molar-refractivity contribution >= 4 is 77.6 Å². The first kappa shape index (κ1) is 34.2. The molecule has 0 fully saturated rings. The Hall–Kier alpha value is -7.88. The molecular formula is C57H38N2O. The highest BCUT2D eigenvalue weighted by Gasteiger charge is 2.48. The molecule has 282 valence electrons. The SMILES string of the molecule is c1ccc(N(c2ccc(N3c4ccccc4C(c4ccccc4)(c4cc5ccccc5c5c4oc4ccccc45)c4ccccc43)cc2)c2cccc3ccccc23)cc1. The van der Waals surface area contributed by atoms with Crippen LogP contribution in [0.25, 0.3) is 43.5 Å². The number of furan rings is 1. The van der Waals surface area contributed by atoms with E-state index in [1.165, 1.54) is 38.2 Å². The van der Waals surface area contributed by atoms with E-state index in [1.54, 1.807) is 0 Å². The van der Waals surface area contributed by atoms with Crippen molar-refractivity contribution < 1.29 is 4.42 Å². The molecule has 0 bridgehead atoms. The second kappa shape index (κ2) is 13.6. The number of hydrogen-bond acceptors (Lipinski definition) is 3. The van der Waals surface area contributed by atoms with Crippen LogP contribution in [-0.4, -0.2) is 0 Å². The van der Waals surface area contributed by atoms with Gasteiger partial charge in [-0.25, -0.2) is 0 Å². The second-order valence-electron chi connectivity index (χ2n) is 15.6. The first-order chi connectivity index (χ1) is 29.8. The van der Waals surface area contributed by atoms with Crippen molar-refractivity contribution in [2.75, 3.05) is 9.80 Å². The predicted molar refractivity (Wildman–Crippen MR) is 250 cm³/mol. The van der Waals surface area contributed by atoms with E-state index in [4.69, 9.17) is 4.42 Å². The summed E-state index contributed by atoms with van der Waals surface area (Å²) in [6, 6.07) is 83.4. The molecule has 0 amide bonds. The zero-order valence-electron chi connectivity index (χ0n) is 32.7. The molecule has 0 spiro atoms. The van der Waals surface area contributed by atoms with Gasteiger partial charge in [-0.1, -0.05) is 164 Å². The Kier molecular flexibility index (Phi) is 7.76. The molecule has 0 saturated heterocycles. The fraction of sp³-hybridized carbons (Fsp3) is 0.0175. The summed E-state index contributed by atoms with van der Waals surface area (Å²) in [6.07, 6.45) is 0. The molecule has 0 atom stereocenters. The Labute approximate surface area is 348 Å². The van der Waals surface area contributed by atoms with Gasteiger partial charge in [-0.05, 0) is 99.6 Å². The van der Waals surface area contributed by atoms with E-state index >= 15 is 0 Å². The van der Waals surface area contributed by atoms with Crippen LogP contribution in [0.5, 0.6) is 0 Å². The Morgan fingerprint density at radius 3 is 1.68 bits per heavy atom. The molecule has 0 radical (unpaired) electrons. The van der Waals surface area contributed by atoms with Crippen LogP contribution in [0.15, 0.2) is 235 Å². The van der Waals surface area contributed by atoms with Gasteiger partial charge in [0.15, 0.2) is 0 Å². The zero-order chi connectivity index (χ0) is 39.6. The van der Waals surface area contributed by atoms with E-state index in [-0.39, 0.29) is 0 Å². The van der Waals surface area contributed by atoms with Crippen LogP contribution < -0.4 is 9.80 Å². The lowest BCUT2D eigenvalue weighted by atomic mass is 9.62. The average molecular weight is 767 g/mol. The van der Waals surface area contributed by atoms with Gasteiger partial charge in [0, 0.05) is 38.8 Å². The van der Waals surface area contributed by atoms with E-state index in [2.05, 4.69) is 240 Å². The van der Waals surface area contributed by atoms with Gasteiger partial charge in [-0.15, -0.1) is 0 Å². The van der Waals surface area contributed by atoms with Crippen LogP contribution in [0.2, 0.25) is 0 Å². The molecule has 0 aliphatic carbocycles. The summed E-state index contributed by atoms with van der Waals surface area (Å²) < 4.78 is 7.05. The maximum absolute atomic E-state index is 7.05. The van der Waals surface area contributed by atoms with Gasteiger partial charge in [-0.3, -0.25) is 0 Å². The quantitative estimate of drug-likeness (QED) is 0.168. The topological polar surface area (TPSA) is 19.6 Å². The predicted octanol–water partition coefficient (Wildman–Crippen LogP) is 15.5. The second-order valence-corrected chi connectivity index (χ2v) is 15.6. The molecular weight excluding hydrogens is 729 g/mol. The van der Waals surface area contributed by atoms with Gasteiger partial charge in [0.05, 0.1) is 22.5 Å². The van der Waals surface area contributed by atoms with Gasteiger partial charge >= 0.3 is 0 Å². The molecule has 10 aromatic carbocycles. The lowest BCUT2D eigenvalue weighted by Crippen LogP contribution is -2.37. The van der Waals surface area contributed by atoms with Crippen LogP contribution >= 0.6 is 0 Å². The minimum Gasteiger partial charge on any atom is -0.456 e. The number of rotatable bonds is 6. The van der Waals surface area contributed by atoms with Crippen LogP contribution in [-0.2, 0) is 5.41 Å². The summed E-state index contributed by atoms with van der Waals surface area (Å²) in [5.74, 6) is 0. The van der Waals surface area contributed by atoms with E-state index in [1.807, 2.05) is 0 Å². The van der Waals surface area contributed by atoms with Crippen molar-refractivity contribution in [3.05, 3.63) is 253 Å². The highest BCUT2D eigenvalue weighted by atomic mass is 16.3. The standard InChI is InChI=1S/C57H38N2O/c1-3-21-41(22-4-1)57(50-38-40-19-8-10-26-46(40)55-47-27-11-16-33-54(47)60-56(50)55)48-28-12-14-30-52(48)59(53-31-15-13-29-49(53)57)44-36-34-43(35-37-44)58(42-23-5-2-6-24-42)51-32-17-20-39-18-7-9-25-45(39)51/h1-38H. The Morgan fingerprint density at radius 2 is 0.950 bits per heavy atom. The monoisotopic (exact) mass is 766 g/mol. The molecule has 1 aliphatic heterocycles. The van der Waals surface area contributed by atoms with Crippen LogP contribution in [0, 0.1) is 0 Å². The molecule has 0 unspecified atom stereocenters. The van der Waals surface area contributed by atoms with Gasteiger partial charge in [-0.2, -0.15) is 0 Å². The number of nitrogens with zero attached hydrogens (tertiary/aromatic N) is 2. The van der Waals surface area contributed by atoms with Crippen molar-refractivity contribution in [3.63, 3.8) is 0 Å². The van der Waals surface area contributed by atoms with Gasteiger partial charge in [0.1, 0.15) is 11.2 Å². The summed E-state index contributed by atoms with van der Waals surface area (Å²) in [7, 11) is 0. The van der Waals surface area contributed by atoms with Crippen LogP contribution in [0.1, 0.15) is 22.3 Å². The number of hydrogen-bond donors (Lipinski definition) is 0. The molecule has 11 aromatic rings. The fourth-order valence-electron chi connectivity index (χ4n) is 9.98. The first-order valence-corrected chi connectivity index (χ1v) is 20.6. The van der Waals surface area contributed by atoms with Crippen molar-refractivity contribution in [2.45, 2.75) is 5.41 Å². The summed E-state index contributed by atoms with van der Waals surface area (Å²) >= 11 is 0. The van der Waals surface area contributed by atoms with Crippen LogP contribution in [0.3, 0.4) is 0 Å². The summed E-state index contributed by atoms with van der Waals surface area (Å²) in [5, 5.41) is 7.07. The van der Waals surface area contributed by atoms with Gasteiger partial charge in [0.25, 0.3) is 0 Å². The number of fused-ring (bicyclic) bond motifs is 8.